The van der Waals surface area contributed by atoms with Crippen LogP contribution in [-0.2, 0) is 0 Å². The monoisotopic (exact) mass is 693 g/mol. The number of para-hydroxylation sites is 4. The van der Waals surface area contributed by atoms with Crippen LogP contribution in [0.5, 0.6) is 0 Å². The number of anilines is 3. The zero-order chi connectivity index (χ0) is 35.6. The molecule has 11 aromatic rings. The number of oxazole rings is 1. The molecule has 0 bridgehead atoms. The summed E-state index contributed by atoms with van der Waals surface area (Å²) in [6.07, 6.45) is 0. The topological polar surface area (TPSA) is 47.3 Å². The van der Waals surface area contributed by atoms with Gasteiger partial charge in [0.1, 0.15) is 16.7 Å². The Hall–Kier alpha value is -7.37. The maximum absolute atomic E-state index is 6.66. The van der Waals surface area contributed by atoms with Crippen LogP contribution >= 0.6 is 0 Å². The van der Waals surface area contributed by atoms with Crippen molar-refractivity contribution in [3.8, 4) is 28.3 Å². The first-order valence-electron chi connectivity index (χ1n) is 18.1. The van der Waals surface area contributed by atoms with E-state index in [1.807, 2.05) is 36.4 Å². The van der Waals surface area contributed by atoms with Gasteiger partial charge in [0.15, 0.2) is 5.58 Å². The highest BCUT2D eigenvalue weighted by molar-refractivity contribution is 6.15. The highest BCUT2D eigenvalue weighted by Gasteiger charge is 2.24. The molecule has 254 valence electrons. The van der Waals surface area contributed by atoms with Gasteiger partial charge >= 0.3 is 0 Å². The van der Waals surface area contributed by atoms with Crippen molar-refractivity contribution in [2.24, 2.45) is 0 Å². The van der Waals surface area contributed by atoms with Gasteiger partial charge in [0, 0.05) is 56.2 Å². The molecule has 54 heavy (non-hydrogen) atoms. The lowest BCUT2D eigenvalue weighted by atomic mass is 10.0. The average molecular weight is 694 g/mol. The molecule has 3 aromatic heterocycles. The van der Waals surface area contributed by atoms with E-state index in [-0.39, 0.29) is 0 Å². The Kier molecular flexibility index (Phi) is 6.79. The largest absolute Gasteiger partial charge is 0.456 e. The van der Waals surface area contributed by atoms with Gasteiger partial charge in [-0.05, 0) is 66.2 Å². The molecule has 0 unspecified atom stereocenters. The van der Waals surface area contributed by atoms with Crippen LogP contribution in [0.15, 0.2) is 197 Å². The summed E-state index contributed by atoms with van der Waals surface area (Å²) in [5.74, 6) is 0.597. The molecule has 0 aliphatic carbocycles. The molecule has 5 heteroatoms. The Labute approximate surface area is 310 Å². The van der Waals surface area contributed by atoms with E-state index in [0.29, 0.717) is 11.5 Å². The van der Waals surface area contributed by atoms with Crippen molar-refractivity contribution >= 4 is 71.9 Å². The Bertz CT molecular complexity index is 3160. The second-order valence-corrected chi connectivity index (χ2v) is 13.6. The van der Waals surface area contributed by atoms with Crippen LogP contribution < -0.4 is 4.90 Å². The van der Waals surface area contributed by atoms with Gasteiger partial charge in [-0.25, -0.2) is 4.98 Å². The molecule has 0 aliphatic heterocycles. The lowest BCUT2D eigenvalue weighted by molar-refractivity contribution is 0.617. The molecule has 0 N–H and O–H groups in total. The molecule has 0 spiro atoms. The number of hydrogen-bond acceptors (Lipinski definition) is 4. The van der Waals surface area contributed by atoms with Crippen LogP contribution in [0.2, 0.25) is 0 Å². The summed E-state index contributed by atoms with van der Waals surface area (Å²) in [5.41, 5.74) is 12.7. The van der Waals surface area contributed by atoms with E-state index in [2.05, 4.69) is 161 Å². The van der Waals surface area contributed by atoms with Crippen molar-refractivity contribution in [1.82, 2.24) is 9.55 Å². The van der Waals surface area contributed by atoms with E-state index < -0.39 is 0 Å². The fourth-order valence-electron chi connectivity index (χ4n) is 7.99. The standard InChI is InChI=1S/C49H31N3O2/c1-4-15-32(16-5-1)36-21-10-12-24-42(36)51(44-26-14-23-39-37-22-11-13-25-43(37)52(48(39)44)34-19-8-3-9-20-34)35-27-28-38-40-30-41-47(31-46(40)53-45(38)29-35)54-49(50-41)33-17-6-2-7-18-33/h1-31H. The van der Waals surface area contributed by atoms with Crippen molar-refractivity contribution < 1.29 is 8.83 Å². The Morgan fingerprint density at radius 2 is 1.11 bits per heavy atom. The third-order valence-corrected chi connectivity index (χ3v) is 10.4. The zero-order valence-electron chi connectivity index (χ0n) is 29.1. The molecule has 0 saturated carbocycles. The van der Waals surface area contributed by atoms with Crippen molar-refractivity contribution in [3.63, 3.8) is 0 Å². The van der Waals surface area contributed by atoms with Crippen molar-refractivity contribution in [3.05, 3.63) is 188 Å². The maximum Gasteiger partial charge on any atom is 0.227 e. The summed E-state index contributed by atoms with van der Waals surface area (Å²) < 4.78 is 15.3. The Balaban J connectivity index is 1.17. The van der Waals surface area contributed by atoms with Crippen LogP contribution in [0.25, 0.3) is 83.1 Å². The molecule has 11 rings (SSSR count). The van der Waals surface area contributed by atoms with Gasteiger partial charge in [-0.3, -0.25) is 0 Å². The van der Waals surface area contributed by atoms with Crippen LogP contribution in [0.4, 0.5) is 17.1 Å². The van der Waals surface area contributed by atoms with E-state index in [0.717, 1.165) is 77.9 Å². The second-order valence-electron chi connectivity index (χ2n) is 13.6. The molecule has 8 aromatic carbocycles. The molecule has 0 radical (unpaired) electrons. The second kappa shape index (κ2) is 12.1. The SMILES string of the molecule is c1ccc(-c2nc3cc4c(cc3o2)oc2cc(N(c3ccccc3-c3ccccc3)c3cccc5c6ccccc6n(-c6ccccc6)c35)ccc24)cc1. The predicted molar refractivity (Wildman–Crippen MR) is 221 cm³/mol. The minimum absolute atomic E-state index is 0.597. The van der Waals surface area contributed by atoms with Gasteiger partial charge in [0.2, 0.25) is 5.89 Å². The third kappa shape index (κ3) is 4.76. The van der Waals surface area contributed by atoms with Crippen molar-refractivity contribution in [2.75, 3.05) is 4.90 Å². The Morgan fingerprint density at radius 3 is 1.94 bits per heavy atom. The van der Waals surface area contributed by atoms with E-state index >= 15 is 0 Å². The number of furan rings is 1. The van der Waals surface area contributed by atoms with Crippen LogP contribution in [0.3, 0.4) is 0 Å². The van der Waals surface area contributed by atoms with E-state index in [1.165, 1.54) is 10.8 Å². The lowest BCUT2D eigenvalue weighted by Crippen LogP contribution is -2.12. The Morgan fingerprint density at radius 1 is 0.444 bits per heavy atom. The number of aromatic nitrogens is 2. The molecule has 0 aliphatic rings. The number of benzene rings is 8. The third-order valence-electron chi connectivity index (χ3n) is 10.4. The van der Waals surface area contributed by atoms with Crippen LogP contribution in [-0.4, -0.2) is 9.55 Å². The fraction of sp³-hybridized carbons (Fsp3) is 0. The van der Waals surface area contributed by atoms with E-state index in [4.69, 9.17) is 13.8 Å². The fourth-order valence-corrected chi connectivity index (χ4v) is 7.99. The summed E-state index contributed by atoms with van der Waals surface area (Å²) in [5, 5.41) is 4.41. The van der Waals surface area contributed by atoms with Crippen molar-refractivity contribution in [2.45, 2.75) is 0 Å². The summed E-state index contributed by atoms with van der Waals surface area (Å²) in [7, 11) is 0. The first-order valence-corrected chi connectivity index (χ1v) is 18.1. The smallest absolute Gasteiger partial charge is 0.227 e. The van der Waals surface area contributed by atoms with Gasteiger partial charge in [-0.15, -0.1) is 0 Å². The molecule has 0 atom stereocenters. The van der Waals surface area contributed by atoms with Gasteiger partial charge < -0.3 is 18.3 Å². The summed E-state index contributed by atoms with van der Waals surface area (Å²) in [6.45, 7) is 0. The number of nitrogens with zero attached hydrogens (tertiary/aromatic N) is 3. The van der Waals surface area contributed by atoms with E-state index in [9.17, 15) is 0 Å². The summed E-state index contributed by atoms with van der Waals surface area (Å²) >= 11 is 0. The normalized spacial score (nSPS) is 11.7. The summed E-state index contributed by atoms with van der Waals surface area (Å²) in [4.78, 5) is 7.23. The molecule has 5 nitrogen and oxygen atoms in total. The minimum Gasteiger partial charge on any atom is -0.456 e. The van der Waals surface area contributed by atoms with E-state index in [1.54, 1.807) is 0 Å². The lowest BCUT2D eigenvalue weighted by Gasteiger charge is -2.29. The van der Waals surface area contributed by atoms with Crippen LogP contribution in [0, 0.1) is 0 Å². The predicted octanol–water partition coefficient (Wildman–Crippen LogP) is 13.6. The van der Waals surface area contributed by atoms with Crippen molar-refractivity contribution in [1.29, 1.82) is 0 Å². The van der Waals surface area contributed by atoms with Gasteiger partial charge in [0.05, 0.1) is 22.4 Å². The average Bonchev–Trinajstić information content (AvgIpc) is 3.92. The highest BCUT2D eigenvalue weighted by atomic mass is 16.4. The minimum atomic E-state index is 0.597. The molecular weight excluding hydrogens is 663 g/mol. The first-order chi connectivity index (χ1) is 26.8. The van der Waals surface area contributed by atoms with Crippen LogP contribution in [0.1, 0.15) is 0 Å². The van der Waals surface area contributed by atoms with Gasteiger partial charge in [0.25, 0.3) is 0 Å². The maximum atomic E-state index is 6.66. The van der Waals surface area contributed by atoms with Gasteiger partial charge in [-0.1, -0.05) is 115 Å². The molecule has 3 heterocycles. The molecule has 0 saturated heterocycles. The zero-order valence-corrected chi connectivity index (χ0v) is 29.1. The number of hydrogen-bond donors (Lipinski definition) is 0. The highest BCUT2D eigenvalue weighted by Crippen LogP contribution is 2.47. The molecule has 0 fully saturated rings. The first kappa shape index (κ1) is 30.3. The molecule has 0 amide bonds. The quantitative estimate of drug-likeness (QED) is 0.174. The number of rotatable bonds is 6. The number of fused-ring (bicyclic) bond motifs is 7. The van der Waals surface area contributed by atoms with Gasteiger partial charge in [-0.2, -0.15) is 0 Å². The summed E-state index contributed by atoms with van der Waals surface area (Å²) in [6, 6.07) is 65.8. The molecular formula is C49H31N3O2.